The first kappa shape index (κ1) is 12.5. The second-order valence-electron chi connectivity index (χ2n) is 4.93. The van der Waals surface area contributed by atoms with Gasteiger partial charge in [-0.25, -0.2) is 9.97 Å². The number of benzene rings is 2. The highest BCUT2D eigenvalue weighted by atomic mass is 16.1. The third-order valence-electron chi connectivity index (χ3n) is 3.55. The molecule has 0 saturated carbocycles. The smallest absolute Gasteiger partial charge is 0.267 e. The number of hydrogen-bond acceptors (Lipinski definition) is 4. The van der Waals surface area contributed by atoms with Gasteiger partial charge in [0.1, 0.15) is 5.52 Å². The van der Waals surface area contributed by atoms with Gasteiger partial charge in [0.25, 0.3) is 11.1 Å². The largest absolute Gasteiger partial charge is 0.289 e. The summed E-state index contributed by atoms with van der Waals surface area (Å²) in [6.07, 6.45) is 1.38. The van der Waals surface area contributed by atoms with Gasteiger partial charge in [0, 0.05) is 11.8 Å². The Bertz CT molecular complexity index is 1130. The van der Waals surface area contributed by atoms with E-state index < -0.39 is 11.1 Å². The zero-order chi connectivity index (χ0) is 15.1. The number of aromatic amines is 2. The Morgan fingerprint density at radius 2 is 1.64 bits per heavy atom. The first-order valence-electron chi connectivity index (χ1n) is 6.69. The fourth-order valence-electron chi connectivity index (χ4n) is 2.43. The number of rotatable bonds is 1. The minimum Gasteiger partial charge on any atom is -0.267 e. The SMILES string of the molecule is O=c1[nH][nH]c(=O)c2nc(-c3ccc4ccccc4c3)ncc12. The molecule has 0 radical (unpaired) electrons. The molecule has 6 nitrogen and oxygen atoms in total. The Morgan fingerprint density at radius 3 is 2.50 bits per heavy atom. The van der Waals surface area contributed by atoms with E-state index >= 15 is 0 Å². The van der Waals surface area contributed by atoms with E-state index in [2.05, 4.69) is 20.2 Å². The molecule has 4 rings (SSSR count). The van der Waals surface area contributed by atoms with E-state index in [1.54, 1.807) is 0 Å². The van der Waals surface area contributed by atoms with E-state index in [4.69, 9.17) is 0 Å². The summed E-state index contributed by atoms with van der Waals surface area (Å²) in [5.74, 6) is 0.411. The Labute approximate surface area is 123 Å². The number of fused-ring (bicyclic) bond motifs is 2. The zero-order valence-electron chi connectivity index (χ0n) is 11.3. The maximum absolute atomic E-state index is 11.8. The normalized spacial score (nSPS) is 11.1. The van der Waals surface area contributed by atoms with Gasteiger partial charge in [-0.15, -0.1) is 0 Å². The van der Waals surface area contributed by atoms with Crippen LogP contribution in [0.2, 0.25) is 0 Å². The van der Waals surface area contributed by atoms with Crippen LogP contribution in [0.4, 0.5) is 0 Å². The Morgan fingerprint density at radius 1 is 0.864 bits per heavy atom. The van der Waals surface area contributed by atoms with Gasteiger partial charge in [0.2, 0.25) is 0 Å². The molecule has 0 amide bonds. The highest BCUT2D eigenvalue weighted by Crippen LogP contribution is 2.22. The lowest BCUT2D eigenvalue weighted by Gasteiger charge is -2.03. The first-order chi connectivity index (χ1) is 10.7. The summed E-state index contributed by atoms with van der Waals surface area (Å²) in [7, 11) is 0. The molecule has 106 valence electrons. The lowest BCUT2D eigenvalue weighted by Crippen LogP contribution is -2.20. The van der Waals surface area contributed by atoms with E-state index in [9.17, 15) is 9.59 Å². The molecule has 2 aromatic carbocycles. The van der Waals surface area contributed by atoms with Gasteiger partial charge in [-0.2, -0.15) is 0 Å². The Hall–Kier alpha value is -3.28. The molecule has 0 saturated heterocycles. The second kappa shape index (κ2) is 4.63. The Balaban J connectivity index is 1.98. The number of hydrogen-bond donors (Lipinski definition) is 2. The van der Waals surface area contributed by atoms with Crippen molar-refractivity contribution in [2.75, 3.05) is 0 Å². The standard InChI is InChI=1S/C16H10N4O2/c21-15-12-8-17-14(18-13(12)16(22)20-19-15)11-6-5-9-3-1-2-4-10(9)7-11/h1-8H,(H,19,21)(H,20,22). The van der Waals surface area contributed by atoms with E-state index in [1.165, 1.54) is 6.20 Å². The molecule has 0 aliphatic carbocycles. The molecular weight excluding hydrogens is 280 g/mol. The average molecular weight is 290 g/mol. The monoisotopic (exact) mass is 290 g/mol. The average Bonchev–Trinajstić information content (AvgIpc) is 2.57. The topological polar surface area (TPSA) is 91.5 Å². The van der Waals surface area contributed by atoms with Crippen molar-refractivity contribution in [2.24, 2.45) is 0 Å². The van der Waals surface area contributed by atoms with Gasteiger partial charge < -0.3 is 0 Å². The van der Waals surface area contributed by atoms with Crippen LogP contribution in [0.5, 0.6) is 0 Å². The fraction of sp³-hybridized carbons (Fsp3) is 0. The van der Waals surface area contributed by atoms with E-state index in [-0.39, 0.29) is 10.9 Å². The number of nitrogens with one attached hydrogen (secondary N) is 2. The zero-order valence-corrected chi connectivity index (χ0v) is 11.3. The molecule has 0 unspecified atom stereocenters. The number of nitrogens with zero attached hydrogens (tertiary/aromatic N) is 2. The summed E-state index contributed by atoms with van der Waals surface area (Å²) in [4.78, 5) is 31.9. The van der Waals surface area contributed by atoms with Crippen LogP contribution in [0.1, 0.15) is 0 Å². The lowest BCUT2D eigenvalue weighted by molar-refractivity contribution is 0.965. The summed E-state index contributed by atoms with van der Waals surface area (Å²) in [5.41, 5.74) is 0.0147. The maximum Gasteiger partial charge on any atom is 0.289 e. The summed E-state index contributed by atoms with van der Waals surface area (Å²) in [5, 5.41) is 6.87. The van der Waals surface area contributed by atoms with Crippen LogP contribution in [0.3, 0.4) is 0 Å². The molecule has 2 heterocycles. The molecule has 0 atom stereocenters. The summed E-state index contributed by atoms with van der Waals surface area (Å²) >= 11 is 0. The van der Waals surface area contributed by atoms with Gasteiger partial charge in [0.15, 0.2) is 5.82 Å². The van der Waals surface area contributed by atoms with Crippen LogP contribution in [-0.2, 0) is 0 Å². The molecule has 0 aliphatic rings. The highest BCUT2D eigenvalue weighted by molar-refractivity contribution is 5.87. The van der Waals surface area contributed by atoms with E-state index in [0.29, 0.717) is 5.82 Å². The summed E-state index contributed by atoms with van der Waals surface area (Å²) in [6.45, 7) is 0. The summed E-state index contributed by atoms with van der Waals surface area (Å²) in [6, 6.07) is 13.8. The first-order valence-corrected chi connectivity index (χ1v) is 6.69. The van der Waals surface area contributed by atoms with E-state index in [0.717, 1.165) is 16.3 Å². The lowest BCUT2D eigenvalue weighted by atomic mass is 10.1. The molecule has 4 aromatic rings. The third kappa shape index (κ3) is 1.89. The highest BCUT2D eigenvalue weighted by Gasteiger charge is 2.09. The molecule has 2 N–H and O–H groups in total. The fourth-order valence-corrected chi connectivity index (χ4v) is 2.43. The van der Waals surface area contributed by atoms with Crippen LogP contribution in [0.25, 0.3) is 33.1 Å². The van der Waals surface area contributed by atoms with Crippen molar-refractivity contribution in [1.29, 1.82) is 0 Å². The predicted molar refractivity (Wildman–Crippen MR) is 83.7 cm³/mol. The van der Waals surface area contributed by atoms with Crippen LogP contribution >= 0.6 is 0 Å². The van der Waals surface area contributed by atoms with Crippen molar-refractivity contribution in [1.82, 2.24) is 20.2 Å². The molecule has 0 bridgehead atoms. The molecule has 0 aliphatic heterocycles. The molecule has 6 heteroatoms. The second-order valence-corrected chi connectivity index (χ2v) is 4.93. The van der Waals surface area contributed by atoms with Gasteiger partial charge in [-0.05, 0) is 16.8 Å². The Kier molecular flexibility index (Phi) is 2.62. The maximum atomic E-state index is 11.8. The summed E-state index contributed by atoms with van der Waals surface area (Å²) < 4.78 is 0. The van der Waals surface area contributed by atoms with E-state index in [1.807, 2.05) is 42.5 Å². The van der Waals surface area contributed by atoms with Gasteiger partial charge >= 0.3 is 0 Å². The van der Waals surface area contributed by atoms with Crippen molar-refractivity contribution in [3.63, 3.8) is 0 Å². The van der Waals surface area contributed by atoms with Gasteiger partial charge in [0.05, 0.1) is 5.39 Å². The van der Waals surface area contributed by atoms with Gasteiger partial charge in [-0.3, -0.25) is 19.8 Å². The van der Waals surface area contributed by atoms with Crippen molar-refractivity contribution in [3.8, 4) is 11.4 Å². The quantitative estimate of drug-likeness (QED) is 0.559. The third-order valence-corrected chi connectivity index (χ3v) is 3.55. The van der Waals surface area contributed by atoms with Crippen molar-refractivity contribution in [2.45, 2.75) is 0 Å². The van der Waals surface area contributed by atoms with Crippen LogP contribution < -0.4 is 11.1 Å². The van der Waals surface area contributed by atoms with Crippen LogP contribution in [0, 0.1) is 0 Å². The molecule has 22 heavy (non-hydrogen) atoms. The van der Waals surface area contributed by atoms with Crippen LogP contribution in [-0.4, -0.2) is 20.2 Å². The predicted octanol–water partition coefficient (Wildman–Crippen LogP) is 1.83. The van der Waals surface area contributed by atoms with Gasteiger partial charge in [-0.1, -0.05) is 36.4 Å². The molecule has 2 aromatic heterocycles. The molecule has 0 fully saturated rings. The van der Waals surface area contributed by atoms with Crippen molar-refractivity contribution < 1.29 is 0 Å². The van der Waals surface area contributed by atoms with Crippen LogP contribution in [0.15, 0.2) is 58.3 Å². The minimum absolute atomic E-state index is 0.0851. The van der Waals surface area contributed by atoms with Crippen molar-refractivity contribution >= 4 is 21.7 Å². The molecular formula is C16H10N4O2. The minimum atomic E-state index is -0.445. The number of H-pyrrole nitrogens is 2. The number of aromatic nitrogens is 4. The van der Waals surface area contributed by atoms with Crippen molar-refractivity contribution in [3.05, 3.63) is 69.4 Å². The molecule has 0 spiro atoms.